The Morgan fingerprint density at radius 3 is 2.21 bits per heavy atom. The molecule has 4 fully saturated rings. The molecule has 29 heavy (non-hydrogen) atoms. The Hall–Kier alpha value is -0.300. The van der Waals surface area contributed by atoms with Crippen molar-refractivity contribution >= 4 is 0 Å². The standard InChI is InChI=1S/C28H48O/c1-18(2)19(3)7-8-20(4)24-11-12-25-23-10-9-21-17-22(29)13-15-27(21,5)26(23)14-16-28(24,25)6/h7-8,18-26,29H,9-17H2,1-6H3/b8-7+/t19-,20-,21-,22+,23?,24-,25?,26?,27+,28-/m1/s1. The lowest BCUT2D eigenvalue weighted by Crippen LogP contribution is -2.54. The number of hydrogen-bond acceptors (Lipinski definition) is 1. The molecule has 4 rings (SSSR count). The van der Waals surface area contributed by atoms with Crippen molar-refractivity contribution in [1.29, 1.82) is 0 Å². The summed E-state index contributed by atoms with van der Waals surface area (Å²) in [7, 11) is 0. The first kappa shape index (κ1) is 21.9. The van der Waals surface area contributed by atoms with Gasteiger partial charge >= 0.3 is 0 Å². The lowest BCUT2D eigenvalue weighted by atomic mass is 9.44. The van der Waals surface area contributed by atoms with Gasteiger partial charge in [0.2, 0.25) is 0 Å². The van der Waals surface area contributed by atoms with Gasteiger partial charge in [-0.15, -0.1) is 0 Å². The third kappa shape index (κ3) is 3.66. The van der Waals surface area contributed by atoms with Gasteiger partial charge in [-0.1, -0.05) is 53.7 Å². The molecule has 1 heteroatoms. The molecular weight excluding hydrogens is 352 g/mol. The quantitative estimate of drug-likeness (QED) is 0.485. The molecule has 0 aromatic heterocycles. The minimum absolute atomic E-state index is 0.0183. The number of fused-ring (bicyclic) bond motifs is 5. The second-order valence-electron chi connectivity index (χ2n) is 12.7. The maximum absolute atomic E-state index is 10.3. The largest absolute Gasteiger partial charge is 0.393 e. The van der Waals surface area contributed by atoms with E-state index >= 15 is 0 Å². The highest BCUT2D eigenvalue weighted by atomic mass is 16.3. The molecule has 0 radical (unpaired) electrons. The Balaban J connectivity index is 1.50. The van der Waals surface area contributed by atoms with Crippen molar-refractivity contribution < 1.29 is 5.11 Å². The summed E-state index contributed by atoms with van der Waals surface area (Å²) >= 11 is 0. The minimum Gasteiger partial charge on any atom is -0.393 e. The molecule has 0 amide bonds. The van der Waals surface area contributed by atoms with Crippen LogP contribution in [0.2, 0.25) is 0 Å². The molecule has 0 spiro atoms. The van der Waals surface area contributed by atoms with E-state index in [9.17, 15) is 5.11 Å². The van der Waals surface area contributed by atoms with Crippen molar-refractivity contribution in [1.82, 2.24) is 0 Å². The third-order valence-electron chi connectivity index (χ3n) is 11.1. The average molecular weight is 401 g/mol. The highest BCUT2D eigenvalue weighted by molar-refractivity contribution is 5.11. The maximum atomic E-state index is 10.3. The van der Waals surface area contributed by atoms with Crippen LogP contribution in [0, 0.1) is 58.2 Å². The summed E-state index contributed by atoms with van der Waals surface area (Å²) in [6.07, 6.45) is 17.1. The first-order chi connectivity index (χ1) is 13.7. The maximum Gasteiger partial charge on any atom is 0.0543 e. The fraction of sp³-hybridized carbons (Fsp3) is 0.929. The van der Waals surface area contributed by atoms with E-state index in [1.807, 2.05) is 0 Å². The lowest BCUT2D eigenvalue weighted by Gasteiger charge is -2.61. The Labute approximate surface area is 181 Å². The molecule has 0 aliphatic heterocycles. The first-order valence-electron chi connectivity index (χ1n) is 13.0. The van der Waals surface area contributed by atoms with E-state index < -0.39 is 0 Å². The molecule has 0 heterocycles. The molecule has 1 N–H and O–H groups in total. The molecular formula is C28H48O. The van der Waals surface area contributed by atoms with Gasteiger partial charge in [0.15, 0.2) is 0 Å². The fourth-order valence-corrected chi connectivity index (χ4v) is 8.85. The number of rotatable bonds is 4. The van der Waals surface area contributed by atoms with Crippen molar-refractivity contribution in [2.45, 2.75) is 105 Å². The molecule has 4 aliphatic carbocycles. The van der Waals surface area contributed by atoms with Gasteiger partial charge in [-0.25, -0.2) is 0 Å². The highest BCUT2D eigenvalue weighted by Gasteiger charge is 2.60. The number of aliphatic hydroxyl groups is 1. The molecule has 0 aromatic carbocycles. The van der Waals surface area contributed by atoms with Crippen LogP contribution < -0.4 is 0 Å². The summed E-state index contributed by atoms with van der Waals surface area (Å²) in [6, 6.07) is 0. The zero-order chi connectivity index (χ0) is 21.0. The Kier molecular flexibility index (Phi) is 6.04. The topological polar surface area (TPSA) is 20.2 Å². The monoisotopic (exact) mass is 400 g/mol. The zero-order valence-electron chi connectivity index (χ0n) is 20.2. The van der Waals surface area contributed by atoms with Gasteiger partial charge in [0, 0.05) is 0 Å². The van der Waals surface area contributed by atoms with E-state index in [0.29, 0.717) is 16.7 Å². The van der Waals surface area contributed by atoms with Crippen LogP contribution in [-0.4, -0.2) is 11.2 Å². The predicted octanol–water partition coefficient (Wildman–Crippen LogP) is 7.49. The summed E-state index contributed by atoms with van der Waals surface area (Å²) in [5, 5.41) is 10.3. The van der Waals surface area contributed by atoms with Crippen LogP contribution in [0.25, 0.3) is 0 Å². The summed E-state index contributed by atoms with van der Waals surface area (Å²) in [6.45, 7) is 14.9. The minimum atomic E-state index is -0.0183. The normalized spacial score (nSPS) is 49.5. The van der Waals surface area contributed by atoms with E-state index in [2.05, 4.69) is 53.7 Å². The van der Waals surface area contributed by atoms with Crippen LogP contribution in [0.1, 0.15) is 99.3 Å². The number of hydrogen-bond donors (Lipinski definition) is 1. The highest BCUT2D eigenvalue weighted by Crippen LogP contribution is 2.68. The Morgan fingerprint density at radius 2 is 1.48 bits per heavy atom. The van der Waals surface area contributed by atoms with Gasteiger partial charge in [0.05, 0.1) is 6.10 Å². The smallest absolute Gasteiger partial charge is 0.0543 e. The number of aliphatic hydroxyl groups excluding tert-OH is 1. The van der Waals surface area contributed by atoms with Gasteiger partial charge in [-0.05, 0) is 116 Å². The molecule has 0 bridgehead atoms. The van der Waals surface area contributed by atoms with E-state index in [0.717, 1.165) is 54.3 Å². The molecule has 1 nitrogen and oxygen atoms in total. The summed E-state index contributed by atoms with van der Waals surface area (Å²) in [4.78, 5) is 0. The molecule has 3 unspecified atom stereocenters. The third-order valence-corrected chi connectivity index (χ3v) is 11.1. The van der Waals surface area contributed by atoms with E-state index in [-0.39, 0.29) is 6.10 Å². The van der Waals surface area contributed by atoms with Gasteiger partial charge in [-0.2, -0.15) is 0 Å². The van der Waals surface area contributed by atoms with Gasteiger partial charge in [0.1, 0.15) is 0 Å². The van der Waals surface area contributed by atoms with Gasteiger partial charge < -0.3 is 5.11 Å². The van der Waals surface area contributed by atoms with Crippen LogP contribution in [0.3, 0.4) is 0 Å². The van der Waals surface area contributed by atoms with Crippen molar-refractivity contribution in [3.05, 3.63) is 12.2 Å². The van der Waals surface area contributed by atoms with Crippen molar-refractivity contribution in [3.63, 3.8) is 0 Å². The summed E-state index contributed by atoms with van der Waals surface area (Å²) < 4.78 is 0. The van der Waals surface area contributed by atoms with Gasteiger partial charge in [-0.3, -0.25) is 0 Å². The molecule has 166 valence electrons. The molecule has 0 aromatic rings. The molecule has 4 aliphatic rings. The van der Waals surface area contributed by atoms with E-state index in [4.69, 9.17) is 0 Å². The van der Waals surface area contributed by atoms with E-state index in [1.165, 1.54) is 44.9 Å². The first-order valence-corrected chi connectivity index (χ1v) is 13.0. The van der Waals surface area contributed by atoms with Crippen LogP contribution in [0.5, 0.6) is 0 Å². The predicted molar refractivity (Wildman–Crippen MR) is 124 cm³/mol. The van der Waals surface area contributed by atoms with Crippen molar-refractivity contribution in [2.75, 3.05) is 0 Å². The van der Waals surface area contributed by atoms with Crippen LogP contribution in [-0.2, 0) is 0 Å². The molecule has 0 saturated heterocycles. The van der Waals surface area contributed by atoms with Gasteiger partial charge in [0.25, 0.3) is 0 Å². The Bertz CT molecular complexity index is 607. The second-order valence-corrected chi connectivity index (χ2v) is 12.7. The van der Waals surface area contributed by atoms with Crippen molar-refractivity contribution in [2.24, 2.45) is 58.2 Å². The fourth-order valence-electron chi connectivity index (χ4n) is 8.85. The average Bonchev–Trinajstić information content (AvgIpc) is 3.03. The van der Waals surface area contributed by atoms with Crippen molar-refractivity contribution in [3.8, 4) is 0 Å². The molecule has 4 saturated carbocycles. The summed E-state index contributed by atoms with van der Waals surface area (Å²) in [5.74, 6) is 6.66. The Morgan fingerprint density at radius 1 is 0.793 bits per heavy atom. The van der Waals surface area contributed by atoms with Crippen LogP contribution in [0.4, 0.5) is 0 Å². The second kappa shape index (κ2) is 7.99. The SMILES string of the molecule is CC(C)[C@H](C)/C=C/[C@@H](C)[C@H]1CCC2C3CC[C@@H]4C[C@@H](O)CC[C@]4(C)C3CC[C@@]21C. The lowest BCUT2D eigenvalue weighted by molar-refractivity contribution is -0.128. The number of allylic oxidation sites excluding steroid dienone is 2. The van der Waals surface area contributed by atoms with E-state index in [1.54, 1.807) is 0 Å². The molecule has 10 atom stereocenters. The van der Waals surface area contributed by atoms with Crippen LogP contribution in [0.15, 0.2) is 12.2 Å². The zero-order valence-corrected chi connectivity index (χ0v) is 20.2. The van der Waals surface area contributed by atoms with Crippen LogP contribution >= 0.6 is 0 Å². The summed E-state index contributed by atoms with van der Waals surface area (Å²) in [5.41, 5.74) is 1.07.